The van der Waals surface area contributed by atoms with E-state index in [1.807, 2.05) is 12.3 Å². The summed E-state index contributed by atoms with van der Waals surface area (Å²) in [7, 11) is 0. The lowest BCUT2D eigenvalue weighted by atomic mass is 10.0. The highest BCUT2D eigenvalue weighted by atomic mass is 35.5. The van der Waals surface area contributed by atoms with Crippen molar-refractivity contribution in [2.24, 2.45) is 0 Å². The number of benzene rings is 1. The lowest BCUT2D eigenvalue weighted by Gasteiger charge is -2.19. The van der Waals surface area contributed by atoms with E-state index in [0.29, 0.717) is 6.04 Å². The van der Waals surface area contributed by atoms with Gasteiger partial charge in [-0.3, -0.25) is 0 Å². The smallest absolute Gasteiger partial charge is 0.132 e. The van der Waals surface area contributed by atoms with Gasteiger partial charge in [-0.1, -0.05) is 50.3 Å². The molecule has 0 aliphatic heterocycles. The van der Waals surface area contributed by atoms with Gasteiger partial charge < -0.3 is 4.57 Å². The Balaban J connectivity index is 0.00000180. The van der Waals surface area contributed by atoms with Crippen LogP contribution in [0.1, 0.15) is 37.2 Å². The third-order valence-electron chi connectivity index (χ3n) is 3.21. The molecule has 0 saturated carbocycles. The van der Waals surface area contributed by atoms with Crippen LogP contribution < -0.4 is 0 Å². The van der Waals surface area contributed by atoms with Crippen molar-refractivity contribution in [3.63, 3.8) is 0 Å². The van der Waals surface area contributed by atoms with E-state index in [2.05, 4.69) is 59.6 Å². The van der Waals surface area contributed by atoms with E-state index in [4.69, 9.17) is 0 Å². The van der Waals surface area contributed by atoms with Crippen molar-refractivity contribution in [3.05, 3.63) is 60.7 Å². The molecule has 0 saturated heterocycles. The number of nitrogens with zero attached hydrogens (tertiary/aromatic N) is 2. The average molecular weight is 277 g/mol. The Bertz CT molecular complexity index is 490. The molecule has 19 heavy (non-hydrogen) atoms. The minimum Gasteiger partial charge on any atom is -0.328 e. The number of hydrogen-bond donors (Lipinski definition) is 0. The van der Waals surface area contributed by atoms with Crippen LogP contribution in [0.5, 0.6) is 0 Å². The van der Waals surface area contributed by atoms with Crippen LogP contribution in [-0.2, 0) is 6.42 Å². The summed E-state index contributed by atoms with van der Waals surface area (Å²) in [6.07, 6.45) is 9.11. The number of halogens is 1. The minimum absolute atomic E-state index is 0. The first-order valence-corrected chi connectivity index (χ1v) is 6.54. The average Bonchev–Trinajstić information content (AvgIpc) is 2.87. The Morgan fingerprint density at radius 1 is 1.32 bits per heavy atom. The summed E-state index contributed by atoms with van der Waals surface area (Å²) in [6, 6.07) is 11.1. The minimum atomic E-state index is 0. The molecule has 1 aromatic heterocycles. The van der Waals surface area contributed by atoms with Crippen molar-refractivity contribution in [2.45, 2.75) is 32.2 Å². The molecule has 0 radical (unpaired) electrons. The fourth-order valence-electron chi connectivity index (χ4n) is 2.35. The van der Waals surface area contributed by atoms with E-state index < -0.39 is 0 Å². The first-order valence-electron chi connectivity index (χ1n) is 6.54. The third-order valence-corrected chi connectivity index (χ3v) is 3.21. The Morgan fingerprint density at radius 3 is 2.68 bits per heavy atom. The second kappa shape index (κ2) is 7.80. The van der Waals surface area contributed by atoms with E-state index in [-0.39, 0.29) is 12.4 Å². The fourth-order valence-corrected chi connectivity index (χ4v) is 2.35. The topological polar surface area (TPSA) is 17.8 Å². The molecule has 0 aliphatic carbocycles. The summed E-state index contributed by atoms with van der Waals surface area (Å²) in [5.74, 6) is 0.962. The SMILES string of the molecule is C=Cc1nccn1C(CCC)Cc1ccccc1.Cl. The molecule has 3 heteroatoms. The van der Waals surface area contributed by atoms with Crippen LogP contribution in [0, 0.1) is 0 Å². The van der Waals surface area contributed by atoms with Gasteiger partial charge in [-0.25, -0.2) is 4.98 Å². The molecule has 0 spiro atoms. The van der Waals surface area contributed by atoms with Gasteiger partial charge in [0.25, 0.3) is 0 Å². The van der Waals surface area contributed by atoms with Gasteiger partial charge in [-0.15, -0.1) is 12.4 Å². The van der Waals surface area contributed by atoms with Gasteiger partial charge in [0, 0.05) is 18.4 Å². The normalized spacial score (nSPS) is 11.6. The molecule has 0 aliphatic rings. The van der Waals surface area contributed by atoms with Crippen LogP contribution in [0.25, 0.3) is 6.08 Å². The van der Waals surface area contributed by atoms with Gasteiger partial charge in [0.05, 0.1) is 0 Å². The van der Waals surface area contributed by atoms with Crippen LogP contribution in [0.2, 0.25) is 0 Å². The van der Waals surface area contributed by atoms with E-state index in [0.717, 1.165) is 18.7 Å². The lowest BCUT2D eigenvalue weighted by Crippen LogP contribution is -2.12. The maximum atomic E-state index is 4.32. The van der Waals surface area contributed by atoms with E-state index in [1.54, 1.807) is 0 Å². The molecule has 102 valence electrons. The van der Waals surface area contributed by atoms with Gasteiger partial charge >= 0.3 is 0 Å². The first kappa shape index (κ1) is 15.5. The van der Waals surface area contributed by atoms with Crippen LogP contribution in [0.3, 0.4) is 0 Å². The molecular weight excluding hydrogens is 256 g/mol. The molecule has 1 atom stereocenters. The molecule has 2 nitrogen and oxygen atoms in total. The molecule has 1 aromatic carbocycles. The zero-order valence-electron chi connectivity index (χ0n) is 11.3. The summed E-state index contributed by atoms with van der Waals surface area (Å²) in [5, 5.41) is 0. The largest absolute Gasteiger partial charge is 0.328 e. The zero-order valence-corrected chi connectivity index (χ0v) is 12.1. The molecule has 0 fully saturated rings. The Morgan fingerprint density at radius 2 is 2.05 bits per heavy atom. The Hall–Kier alpha value is -1.54. The monoisotopic (exact) mass is 276 g/mol. The van der Waals surface area contributed by atoms with Crippen LogP contribution in [-0.4, -0.2) is 9.55 Å². The first-order chi connectivity index (χ1) is 8.85. The highest BCUT2D eigenvalue weighted by Gasteiger charge is 2.13. The Labute approximate surface area is 121 Å². The summed E-state index contributed by atoms with van der Waals surface area (Å²) < 4.78 is 2.24. The molecule has 0 amide bonds. The maximum absolute atomic E-state index is 4.32. The molecule has 1 unspecified atom stereocenters. The number of rotatable bonds is 6. The van der Waals surface area contributed by atoms with Crippen molar-refractivity contribution in [1.29, 1.82) is 0 Å². The van der Waals surface area contributed by atoms with Crippen molar-refractivity contribution in [1.82, 2.24) is 9.55 Å². The van der Waals surface area contributed by atoms with Crippen molar-refractivity contribution in [3.8, 4) is 0 Å². The highest BCUT2D eigenvalue weighted by Crippen LogP contribution is 2.21. The lowest BCUT2D eigenvalue weighted by molar-refractivity contribution is 0.455. The molecule has 2 rings (SSSR count). The summed E-state index contributed by atoms with van der Waals surface area (Å²) >= 11 is 0. The van der Waals surface area contributed by atoms with E-state index >= 15 is 0 Å². The van der Waals surface area contributed by atoms with Crippen molar-refractivity contribution < 1.29 is 0 Å². The number of aromatic nitrogens is 2. The Kier molecular flexibility index (Phi) is 6.37. The quantitative estimate of drug-likeness (QED) is 0.758. The second-order valence-electron chi connectivity index (χ2n) is 4.53. The summed E-state index contributed by atoms with van der Waals surface area (Å²) in [4.78, 5) is 4.32. The second-order valence-corrected chi connectivity index (χ2v) is 4.53. The highest BCUT2D eigenvalue weighted by molar-refractivity contribution is 5.85. The summed E-state index contributed by atoms with van der Waals surface area (Å²) in [5.41, 5.74) is 1.37. The molecule has 0 bridgehead atoms. The van der Waals surface area contributed by atoms with Gasteiger partial charge in [0.15, 0.2) is 0 Å². The molecule has 0 N–H and O–H groups in total. The number of imidazole rings is 1. The van der Waals surface area contributed by atoms with Gasteiger partial charge in [-0.05, 0) is 24.5 Å². The standard InChI is InChI=1S/C16H20N2.ClH/c1-3-8-15(13-14-9-6-5-7-10-14)18-12-11-17-16(18)4-2;/h4-7,9-12,15H,2-3,8,13H2,1H3;1H. The maximum Gasteiger partial charge on any atom is 0.132 e. The van der Waals surface area contributed by atoms with Crippen molar-refractivity contribution in [2.75, 3.05) is 0 Å². The number of hydrogen-bond acceptors (Lipinski definition) is 1. The van der Waals surface area contributed by atoms with E-state index in [1.165, 1.54) is 12.0 Å². The van der Waals surface area contributed by atoms with Gasteiger partial charge in [-0.2, -0.15) is 0 Å². The van der Waals surface area contributed by atoms with Crippen LogP contribution in [0.15, 0.2) is 49.3 Å². The van der Waals surface area contributed by atoms with Gasteiger partial charge in [0.2, 0.25) is 0 Å². The van der Waals surface area contributed by atoms with E-state index in [9.17, 15) is 0 Å². The van der Waals surface area contributed by atoms with Crippen LogP contribution in [0.4, 0.5) is 0 Å². The fraction of sp³-hybridized carbons (Fsp3) is 0.312. The zero-order chi connectivity index (χ0) is 12.8. The molecule has 1 heterocycles. The van der Waals surface area contributed by atoms with Gasteiger partial charge in [0.1, 0.15) is 5.82 Å². The third kappa shape index (κ3) is 3.97. The predicted molar refractivity (Wildman–Crippen MR) is 83.7 cm³/mol. The van der Waals surface area contributed by atoms with Crippen molar-refractivity contribution >= 4 is 18.5 Å². The predicted octanol–water partition coefficient (Wildman–Crippen LogP) is 4.53. The summed E-state index contributed by atoms with van der Waals surface area (Å²) in [6.45, 7) is 6.05. The molecule has 2 aromatic rings. The van der Waals surface area contributed by atoms with Crippen LogP contribution >= 0.6 is 12.4 Å². The molecular formula is C16H21ClN2.